The lowest BCUT2D eigenvalue weighted by Gasteiger charge is -2.15. The molecular weight excluding hydrogens is 480 g/mol. The predicted molar refractivity (Wildman–Crippen MR) is 150 cm³/mol. The number of rotatable bonds is 19. The fourth-order valence-corrected chi connectivity index (χ4v) is 4.06. The second-order valence-electron chi connectivity index (χ2n) is 11.1. The summed E-state index contributed by atoms with van der Waals surface area (Å²) in [6.07, 6.45) is 9.37. The molecule has 6 nitrogen and oxygen atoms in total. The lowest BCUT2D eigenvalue weighted by molar-refractivity contribution is 0.0487. The first-order chi connectivity index (χ1) is 18.0. The van der Waals surface area contributed by atoms with E-state index in [0.717, 1.165) is 37.2 Å². The van der Waals surface area contributed by atoms with Crippen molar-refractivity contribution in [2.24, 2.45) is 0 Å². The van der Waals surface area contributed by atoms with E-state index in [1.807, 2.05) is 24.3 Å². The number of Topliss-reactive ketones (excluding diaryl/α,β-unsaturated/α-hetero) is 2. The first-order valence-electron chi connectivity index (χ1n) is 13.9. The Morgan fingerprint density at radius 2 is 0.842 bits per heavy atom. The van der Waals surface area contributed by atoms with Gasteiger partial charge in [0.05, 0.1) is 13.2 Å². The van der Waals surface area contributed by atoms with Crippen LogP contribution >= 0.6 is 0 Å². The van der Waals surface area contributed by atoms with Crippen molar-refractivity contribution in [2.45, 2.75) is 103 Å². The summed E-state index contributed by atoms with van der Waals surface area (Å²) in [4.78, 5) is 24.1. The maximum atomic E-state index is 12.1. The number of carbonyl (C=O) groups is 2. The Balaban J connectivity index is 1.41. The van der Waals surface area contributed by atoms with Gasteiger partial charge in [-0.05, 0) is 51.7 Å². The predicted octanol–water partition coefficient (Wildman–Crippen LogP) is 6.45. The molecule has 2 rings (SSSR count). The Kier molecular flexibility index (Phi) is 13.3. The van der Waals surface area contributed by atoms with Crippen molar-refractivity contribution < 1.29 is 29.3 Å². The average molecular weight is 527 g/mol. The third-order valence-corrected chi connectivity index (χ3v) is 6.41. The highest BCUT2D eigenvalue weighted by molar-refractivity contribution is 6.02. The van der Waals surface area contributed by atoms with Gasteiger partial charge in [0.15, 0.2) is 11.6 Å². The highest BCUT2D eigenvalue weighted by atomic mass is 16.5. The van der Waals surface area contributed by atoms with Gasteiger partial charge in [-0.2, -0.15) is 0 Å². The Hall–Kier alpha value is -2.38. The van der Waals surface area contributed by atoms with Crippen LogP contribution in [-0.4, -0.2) is 46.2 Å². The molecule has 2 aromatic carbocycles. The van der Waals surface area contributed by atoms with Crippen LogP contribution in [0.4, 0.5) is 0 Å². The van der Waals surface area contributed by atoms with Crippen molar-refractivity contribution in [1.82, 2.24) is 0 Å². The number of unbranched alkanes of at least 4 members (excludes halogenated alkanes) is 7. The largest absolute Gasteiger partial charge is 0.382 e. The summed E-state index contributed by atoms with van der Waals surface area (Å²) in [6.45, 7) is 8.54. The summed E-state index contributed by atoms with van der Waals surface area (Å²) < 4.78 is 11.5. The summed E-state index contributed by atoms with van der Waals surface area (Å²) in [7, 11) is 0. The van der Waals surface area contributed by atoms with E-state index in [0.29, 0.717) is 24.3 Å². The monoisotopic (exact) mass is 526 g/mol. The quantitative estimate of drug-likeness (QED) is 0.161. The highest BCUT2D eigenvalue weighted by Crippen LogP contribution is 2.16. The molecule has 0 aromatic heterocycles. The number of ether oxygens (including phenoxy) is 2. The van der Waals surface area contributed by atoms with Crippen LogP contribution in [-0.2, 0) is 22.7 Å². The van der Waals surface area contributed by atoms with Crippen LogP contribution in [0.3, 0.4) is 0 Å². The minimum Gasteiger partial charge on any atom is -0.382 e. The summed E-state index contributed by atoms with van der Waals surface area (Å²) in [5.41, 5.74) is 0.366. The molecule has 0 saturated carbocycles. The number of benzene rings is 2. The maximum Gasteiger partial charge on any atom is 0.193 e. The van der Waals surface area contributed by atoms with Gasteiger partial charge in [-0.3, -0.25) is 9.59 Å². The molecule has 2 aromatic rings. The SMILES string of the molecule is CC(C)(O)C(=O)c1ccc(COCCCCCCCCCCOCc2ccc(C(=O)C(C)(C)O)cc2)cc1. The van der Waals surface area contributed by atoms with Crippen LogP contribution in [0.15, 0.2) is 48.5 Å². The molecule has 0 saturated heterocycles. The van der Waals surface area contributed by atoms with Crippen LogP contribution < -0.4 is 0 Å². The summed E-state index contributed by atoms with van der Waals surface area (Å²) in [5.74, 6) is -0.555. The van der Waals surface area contributed by atoms with Gasteiger partial charge in [-0.1, -0.05) is 87.1 Å². The zero-order chi connectivity index (χ0) is 28.0. The standard InChI is InChI=1S/C32H46O6/c1-31(2,35)29(33)27-17-13-25(14-18-27)23-37-21-11-9-7-5-6-8-10-12-22-38-24-26-15-19-28(20-16-26)30(34)32(3,4)36/h13-20,35-36H,5-12,21-24H2,1-4H3. The lowest BCUT2D eigenvalue weighted by Crippen LogP contribution is -2.31. The molecule has 0 aliphatic carbocycles. The lowest BCUT2D eigenvalue weighted by atomic mass is 9.96. The molecule has 0 radical (unpaired) electrons. The topological polar surface area (TPSA) is 93.1 Å². The number of ketones is 2. The van der Waals surface area contributed by atoms with E-state index in [9.17, 15) is 19.8 Å². The first kappa shape index (κ1) is 31.8. The van der Waals surface area contributed by atoms with Gasteiger partial charge in [0.1, 0.15) is 11.2 Å². The fraction of sp³-hybridized carbons (Fsp3) is 0.562. The van der Waals surface area contributed by atoms with E-state index in [1.165, 1.54) is 66.2 Å². The van der Waals surface area contributed by atoms with Gasteiger partial charge in [-0.25, -0.2) is 0 Å². The number of carbonyl (C=O) groups excluding carboxylic acids is 2. The Labute approximate surface area is 228 Å². The highest BCUT2D eigenvalue weighted by Gasteiger charge is 2.25. The molecule has 210 valence electrons. The number of aliphatic hydroxyl groups is 2. The summed E-state index contributed by atoms with van der Waals surface area (Å²) in [6, 6.07) is 14.5. The van der Waals surface area contributed by atoms with E-state index < -0.39 is 11.2 Å². The van der Waals surface area contributed by atoms with Gasteiger partial charge in [0.2, 0.25) is 0 Å². The molecule has 0 aliphatic heterocycles. The smallest absolute Gasteiger partial charge is 0.193 e. The average Bonchev–Trinajstić information content (AvgIpc) is 2.87. The number of hydrogen-bond acceptors (Lipinski definition) is 6. The normalized spacial score (nSPS) is 12.1. The van der Waals surface area contributed by atoms with Gasteiger partial charge >= 0.3 is 0 Å². The molecule has 0 bridgehead atoms. The van der Waals surface area contributed by atoms with E-state index in [4.69, 9.17) is 9.47 Å². The van der Waals surface area contributed by atoms with Gasteiger partial charge in [-0.15, -0.1) is 0 Å². The van der Waals surface area contributed by atoms with Crippen molar-refractivity contribution in [1.29, 1.82) is 0 Å². The molecule has 0 atom stereocenters. The second kappa shape index (κ2) is 15.9. The van der Waals surface area contributed by atoms with Crippen molar-refractivity contribution in [3.63, 3.8) is 0 Å². The summed E-state index contributed by atoms with van der Waals surface area (Å²) >= 11 is 0. The molecule has 0 aliphatic rings. The van der Waals surface area contributed by atoms with E-state index in [1.54, 1.807) is 24.3 Å². The minimum absolute atomic E-state index is 0.277. The van der Waals surface area contributed by atoms with Crippen LogP contribution in [0.25, 0.3) is 0 Å². The molecule has 0 heterocycles. The van der Waals surface area contributed by atoms with Crippen LogP contribution in [0, 0.1) is 0 Å². The maximum absolute atomic E-state index is 12.1. The number of hydrogen-bond donors (Lipinski definition) is 2. The van der Waals surface area contributed by atoms with Gasteiger partial charge in [0, 0.05) is 24.3 Å². The van der Waals surface area contributed by atoms with Crippen LogP contribution in [0.1, 0.15) is 111 Å². The van der Waals surface area contributed by atoms with Crippen molar-refractivity contribution in [3.05, 3.63) is 70.8 Å². The third-order valence-electron chi connectivity index (χ3n) is 6.41. The second-order valence-corrected chi connectivity index (χ2v) is 11.1. The van der Waals surface area contributed by atoms with Crippen molar-refractivity contribution in [2.75, 3.05) is 13.2 Å². The van der Waals surface area contributed by atoms with E-state index in [-0.39, 0.29) is 11.6 Å². The Morgan fingerprint density at radius 3 is 1.13 bits per heavy atom. The minimum atomic E-state index is -1.36. The zero-order valence-electron chi connectivity index (χ0n) is 23.6. The fourth-order valence-electron chi connectivity index (χ4n) is 4.06. The van der Waals surface area contributed by atoms with Crippen molar-refractivity contribution in [3.8, 4) is 0 Å². The molecule has 0 fully saturated rings. The molecule has 0 spiro atoms. The molecule has 38 heavy (non-hydrogen) atoms. The summed E-state index contributed by atoms with van der Waals surface area (Å²) in [5, 5.41) is 19.6. The molecule has 2 N–H and O–H groups in total. The molecule has 0 unspecified atom stereocenters. The van der Waals surface area contributed by atoms with Gasteiger partial charge < -0.3 is 19.7 Å². The van der Waals surface area contributed by atoms with E-state index >= 15 is 0 Å². The Morgan fingerprint density at radius 1 is 0.553 bits per heavy atom. The van der Waals surface area contributed by atoms with Crippen molar-refractivity contribution >= 4 is 11.6 Å². The van der Waals surface area contributed by atoms with Crippen LogP contribution in [0.2, 0.25) is 0 Å². The molecule has 6 heteroatoms. The van der Waals surface area contributed by atoms with Gasteiger partial charge in [0.25, 0.3) is 0 Å². The first-order valence-corrected chi connectivity index (χ1v) is 13.9. The molecular formula is C32H46O6. The Bertz CT molecular complexity index is 883. The zero-order valence-corrected chi connectivity index (χ0v) is 23.6. The molecule has 0 amide bonds. The van der Waals surface area contributed by atoms with E-state index in [2.05, 4.69) is 0 Å². The third kappa shape index (κ3) is 12.0. The van der Waals surface area contributed by atoms with Crippen LogP contribution in [0.5, 0.6) is 0 Å².